The molecule has 2 N–H and O–H groups in total. The Bertz CT molecular complexity index is 409. The molecule has 0 saturated carbocycles. The zero-order valence-corrected chi connectivity index (χ0v) is 12.1. The first-order valence-corrected chi connectivity index (χ1v) is 6.60. The number of aryl methyl sites for hydroxylation is 1. The molecule has 100 valence electrons. The van der Waals surface area contributed by atoms with Crippen LogP contribution in [0.3, 0.4) is 0 Å². The number of nitrogens with zero attached hydrogens (tertiary/aromatic N) is 2. The van der Waals surface area contributed by atoms with Gasteiger partial charge in [0.2, 0.25) is 0 Å². The van der Waals surface area contributed by atoms with Gasteiger partial charge in [0.1, 0.15) is 10.8 Å². The fraction of sp³-hybridized carbons (Fsp3) is 0.538. The lowest BCUT2D eigenvalue weighted by atomic mass is 10.2. The van der Waals surface area contributed by atoms with Crippen molar-refractivity contribution in [2.45, 2.75) is 20.8 Å². The highest BCUT2D eigenvalue weighted by Gasteiger charge is 2.09. The van der Waals surface area contributed by atoms with Crippen molar-refractivity contribution in [2.24, 2.45) is 5.73 Å². The van der Waals surface area contributed by atoms with E-state index in [-0.39, 0.29) is 0 Å². The zero-order chi connectivity index (χ0) is 13.5. The first kappa shape index (κ1) is 14.9. The molecule has 0 aliphatic rings. The van der Waals surface area contributed by atoms with Gasteiger partial charge >= 0.3 is 0 Å². The Morgan fingerprint density at radius 1 is 1.44 bits per heavy atom. The molecule has 0 amide bonds. The molecule has 0 aliphatic carbocycles. The third kappa shape index (κ3) is 4.23. The first-order valence-electron chi connectivity index (χ1n) is 6.19. The van der Waals surface area contributed by atoms with E-state index in [9.17, 15) is 0 Å². The summed E-state index contributed by atoms with van der Waals surface area (Å²) < 4.78 is 5.38. The lowest BCUT2D eigenvalue weighted by Crippen LogP contribution is -2.28. The van der Waals surface area contributed by atoms with E-state index >= 15 is 0 Å². The van der Waals surface area contributed by atoms with Crippen molar-refractivity contribution in [2.75, 3.05) is 31.2 Å². The lowest BCUT2D eigenvalue weighted by Gasteiger charge is -2.22. The fourth-order valence-corrected chi connectivity index (χ4v) is 1.83. The summed E-state index contributed by atoms with van der Waals surface area (Å²) in [6.45, 7) is 9.15. The van der Waals surface area contributed by atoms with Crippen molar-refractivity contribution in [3.63, 3.8) is 0 Å². The predicted octanol–water partition coefficient (Wildman–Crippen LogP) is 1.89. The summed E-state index contributed by atoms with van der Waals surface area (Å²) >= 11 is 5.02. The molecule has 4 nitrogen and oxygen atoms in total. The fourth-order valence-electron chi connectivity index (χ4n) is 1.71. The van der Waals surface area contributed by atoms with Crippen molar-refractivity contribution in [3.8, 4) is 0 Å². The molecule has 1 aromatic heterocycles. The van der Waals surface area contributed by atoms with Gasteiger partial charge in [0.05, 0.1) is 6.61 Å². The third-order valence-electron chi connectivity index (χ3n) is 2.64. The van der Waals surface area contributed by atoms with Crippen LogP contribution in [0.1, 0.15) is 25.1 Å². The van der Waals surface area contributed by atoms with Gasteiger partial charge in [-0.15, -0.1) is 0 Å². The maximum Gasteiger partial charge on any atom is 0.129 e. The first-order chi connectivity index (χ1) is 8.58. The van der Waals surface area contributed by atoms with Gasteiger partial charge in [-0.3, -0.25) is 0 Å². The van der Waals surface area contributed by atoms with Crippen LogP contribution in [0.25, 0.3) is 0 Å². The number of aromatic nitrogens is 1. The number of anilines is 1. The summed E-state index contributed by atoms with van der Waals surface area (Å²) in [5, 5.41) is 0. The van der Waals surface area contributed by atoms with Crippen LogP contribution in [-0.4, -0.2) is 36.3 Å². The van der Waals surface area contributed by atoms with Crippen LogP contribution < -0.4 is 10.6 Å². The molecular weight excluding hydrogens is 246 g/mol. The number of likely N-dealkylation sites (N-methyl/N-ethyl adjacent to an activating group) is 1. The maximum absolute atomic E-state index is 5.68. The Labute approximate surface area is 114 Å². The second-order valence-corrected chi connectivity index (χ2v) is 4.44. The standard InChI is InChI=1S/C13H21N3OS/c1-4-16(6-7-17-5-2)12-9-11(13(14)18)8-10(3)15-12/h8-9H,4-7H2,1-3H3,(H2,14,18). The summed E-state index contributed by atoms with van der Waals surface area (Å²) in [6.07, 6.45) is 0. The molecule has 0 aliphatic heterocycles. The molecule has 0 fully saturated rings. The minimum absolute atomic E-state index is 0.405. The Kier molecular flexibility index (Phi) is 6.01. The number of hydrogen-bond acceptors (Lipinski definition) is 4. The summed E-state index contributed by atoms with van der Waals surface area (Å²) in [5.41, 5.74) is 7.46. The molecule has 18 heavy (non-hydrogen) atoms. The van der Waals surface area contributed by atoms with Crippen LogP contribution in [0, 0.1) is 6.92 Å². The van der Waals surface area contributed by atoms with Gasteiger partial charge in [0.25, 0.3) is 0 Å². The van der Waals surface area contributed by atoms with Gasteiger partial charge in [-0.05, 0) is 32.9 Å². The van der Waals surface area contributed by atoms with Gasteiger partial charge in [-0.1, -0.05) is 12.2 Å². The Balaban J connectivity index is 2.87. The Morgan fingerprint density at radius 2 is 2.17 bits per heavy atom. The van der Waals surface area contributed by atoms with Crippen molar-refractivity contribution < 1.29 is 4.74 Å². The quantitative estimate of drug-likeness (QED) is 0.604. The van der Waals surface area contributed by atoms with E-state index < -0.39 is 0 Å². The summed E-state index contributed by atoms with van der Waals surface area (Å²) in [4.78, 5) is 7.08. The summed E-state index contributed by atoms with van der Waals surface area (Å²) in [6, 6.07) is 3.84. The topological polar surface area (TPSA) is 51.4 Å². The largest absolute Gasteiger partial charge is 0.389 e. The predicted molar refractivity (Wildman–Crippen MR) is 79.2 cm³/mol. The van der Waals surface area contributed by atoms with Crippen LogP contribution in [0.15, 0.2) is 12.1 Å². The third-order valence-corrected chi connectivity index (χ3v) is 2.88. The molecular formula is C13H21N3OS. The molecule has 0 bridgehead atoms. The van der Waals surface area contributed by atoms with E-state index in [0.29, 0.717) is 11.6 Å². The highest BCUT2D eigenvalue weighted by Crippen LogP contribution is 2.14. The van der Waals surface area contributed by atoms with Crippen LogP contribution in [-0.2, 0) is 4.74 Å². The number of hydrogen-bond donors (Lipinski definition) is 1. The number of thiocarbonyl (C=S) groups is 1. The molecule has 1 rings (SSSR count). The molecule has 1 aromatic rings. The highest BCUT2D eigenvalue weighted by atomic mass is 32.1. The van der Waals surface area contributed by atoms with E-state index in [4.69, 9.17) is 22.7 Å². The highest BCUT2D eigenvalue weighted by molar-refractivity contribution is 7.80. The smallest absolute Gasteiger partial charge is 0.129 e. The second-order valence-electron chi connectivity index (χ2n) is 4.00. The van der Waals surface area contributed by atoms with Crippen LogP contribution in [0.2, 0.25) is 0 Å². The number of pyridine rings is 1. The normalized spacial score (nSPS) is 10.4. The van der Waals surface area contributed by atoms with Crippen molar-refractivity contribution in [1.29, 1.82) is 0 Å². The Morgan fingerprint density at radius 3 is 2.72 bits per heavy atom. The van der Waals surface area contributed by atoms with E-state index in [0.717, 1.165) is 36.8 Å². The van der Waals surface area contributed by atoms with Crippen LogP contribution >= 0.6 is 12.2 Å². The SMILES string of the molecule is CCOCCN(CC)c1cc(C(N)=S)cc(C)n1. The van der Waals surface area contributed by atoms with E-state index in [1.807, 2.05) is 26.0 Å². The average molecular weight is 267 g/mol. The average Bonchev–Trinajstić information content (AvgIpc) is 2.34. The van der Waals surface area contributed by atoms with Gasteiger partial charge in [0.15, 0.2) is 0 Å². The van der Waals surface area contributed by atoms with Crippen LogP contribution in [0.5, 0.6) is 0 Å². The molecule has 0 spiro atoms. The molecule has 1 heterocycles. The Hall–Kier alpha value is -1.20. The molecule has 0 radical (unpaired) electrons. The van der Waals surface area contributed by atoms with E-state index in [1.54, 1.807) is 0 Å². The van der Waals surface area contributed by atoms with Gasteiger partial charge < -0.3 is 15.4 Å². The number of ether oxygens (including phenoxy) is 1. The van der Waals surface area contributed by atoms with Gasteiger partial charge in [-0.2, -0.15) is 0 Å². The molecule has 0 saturated heterocycles. The van der Waals surface area contributed by atoms with Crippen molar-refractivity contribution >= 4 is 23.0 Å². The van der Waals surface area contributed by atoms with Gasteiger partial charge in [-0.25, -0.2) is 4.98 Å². The number of nitrogens with two attached hydrogens (primary N) is 1. The van der Waals surface area contributed by atoms with Crippen LogP contribution in [0.4, 0.5) is 5.82 Å². The molecule has 5 heteroatoms. The summed E-state index contributed by atoms with van der Waals surface area (Å²) in [5.74, 6) is 0.903. The molecule has 0 atom stereocenters. The number of rotatable bonds is 7. The zero-order valence-electron chi connectivity index (χ0n) is 11.3. The molecule has 0 unspecified atom stereocenters. The maximum atomic E-state index is 5.68. The monoisotopic (exact) mass is 267 g/mol. The minimum atomic E-state index is 0.405. The van der Waals surface area contributed by atoms with Crippen molar-refractivity contribution in [3.05, 3.63) is 23.4 Å². The minimum Gasteiger partial charge on any atom is -0.389 e. The summed E-state index contributed by atoms with van der Waals surface area (Å²) in [7, 11) is 0. The van der Waals surface area contributed by atoms with E-state index in [2.05, 4.69) is 16.8 Å². The second kappa shape index (κ2) is 7.28. The lowest BCUT2D eigenvalue weighted by molar-refractivity contribution is 0.154. The van der Waals surface area contributed by atoms with Gasteiger partial charge in [0, 0.05) is 31.0 Å². The van der Waals surface area contributed by atoms with Crippen molar-refractivity contribution in [1.82, 2.24) is 4.98 Å². The molecule has 0 aromatic carbocycles. The van der Waals surface area contributed by atoms with E-state index in [1.165, 1.54) is 0 Å².